The molecular weight excluding hydrogens is 323 g/mol. The van der Waals surface area contributed by atoms with Crippen molar-refractivity contribution in [2.45, 2.75) is 0 Å². The fourth-order valence-corrected chi connectivity index (χ4v) is 2.16. The SMILES string of the molecule is N#CC(C(=O)Nc1ccc(Cl)cc1)C(=O)c1ccccc1Cl. The Hall–Kier alpha value is -2.35. The van der Waals surface area contributed by atoms with Crippen molar-refractivity contribution in [2.24, 2.45) is 5.92 Å². The van der Waals surface area contributed by atoms with Gasteiger partial charge in [0.25, 0.3) is 0 Å². The first-order valence-electron chi connectivity index (χ1n) is 6.27. The number of nitrogens with zero attached hydrogens (tertiary/aromatic N) is 1. The molecule has 0 bridgehead atoms. The molecule has 1 atom stereocenters. The molecule has 0 radical (unpaired) electrons. The summed E-state index contributed by atoms with van der Waals surface area (Å²) in [7, 11) is 0. The predicted molar refractivity (Wildman–Crippen MR) is 85.0 cm³/mol. The number of ketones is 1. The van der Waals surface area contributed by atoms with Gasteiger partial charge in [0.05, 0.1) is 11.1 Å². The Kier molecular flexibility index (Phi) is 5.16. The van der Waals surface area contributed by atoms with Crippen molar-refractivity contribution in [3.8, 4) is 6.07 Å². The highest BCUT2D eigenvalue weighted by Crippen LogP contribution is 2.20. The number of nitriles is 1. The topological polar surface area (TPSA) is 70.0 Å². The van der Waals surface area contributed by atoms with Crippen molar-refractivity contribution in [1.82, 2.24) is 0 Å². The van der Waals surface area contributed by atoms with Gasteiger partial charge in [0.1, 0.15) is 0 Å². The lowest BCUT2D eigenvalue weighted by Gasteiger charge is -2.10. The highest BCUT2D eigenvalue weighted by Gasteiger charge is 2.28. The van der Waals surface area contributed by atoms with E-state index >= 15 is 0 Å². The van der Waals surface area contributed by atoms with Crippen LogP contribution in [0.4, 0.5) is 5.69 Å². The maximum absolute atomic E-state index is 12.3. The number of Topliss-reactive ketones (excluding diaryl/α,β-unsaturated/α-hetero) is 1. The second-order valence-electron chi connectivity index (χ2n) is 4.40. The summed E-state index contributed by atoms with van der Waals surface area (Å²) in [5.41, 5.74) is 0.587. The van der Waals surface area contributed by atoms with E-state index in [1.807, 2.05) is 0 Å². The summed E-state index contributed by atoms with van der Waals surface area (Å²) >= 11 is 11.7. The first kappa shape index (κ1) is 16.0. The van der Waals surface area contributed by atoms with Gasteiger partial charge in [-0.2, -0.15) is 5.26 Å². The number of rotatable bonds is 4. The second kappa shape index (κ2) is 7.08. The van der Waals surface area contributed by atoms with Gasteiger partial charge in [-0.3, -0.25) is 9.59 Å². The molecule has 1 unspecified atom stereocenters. The maximum atomic E-state index is 12.3. The minimum absolute atomic E-state index is 0.141. The number of hydrogen-bond donors (Lipinski definition) is 1. The molecule has 0 aromatic heterocycles. The molecular formula is C16H10Cl2N2O2. The molecule has 4 nitrogen and oxygen atoms in total. The van der Waals surface area contributed by atoms with E-state index in [0.29, 0.717) is 10.7 Å². The van der Waals surface area contributed by atoms with Crippen molar-refractivity contribution in [2.75, 3.05) is 5.32 Å². The second-order valence-corrected chi connectivity index (χ2v) is 5.25. The van der Waals surface area contributed by atoms with Crippen LogP contribution in [-0.2, 0) is 4.79 Å². The van der Waals surface area contributed by atoms with Gasteiger partial charge in [-0.05, 0) is 36.4 Å². The molecule has 2 aromatic rings. The molecule has 0 spiro atoms. The van der Waals surface area contributed by atoms with Crippen molar-refractivity contribution < 1.29 is 9.59 Å². The molecule has 2 rings (SSSR count). The quantitative estimate of drug-likeness (QED) is 0.680. The molecule has 0 fully saturated rings. The minimum atomic E-state index is -1.48. The lowest BCUT2D eigenvalue weighted by Crippen LogP contribution is -2.28. The average molecular weight is 333 g/mol. The summed E-state index contributed by atoms with van der Waals surface area (Å²) in [6.45, 7) is 0. The van der Waals surface area contributed by atoms with Gasteiger partial charge in [0.15, 0.2) is 11.7 Å². The van der Waals surface area contributed by atoms with Gasteiger partial charge in [-0.15, -0.1) is 0 Å². The summed E-state index contributed by atoms with van der Waals surface area (Å²) in [6, 6.07) is 14.3. The van der Waals surface area contributed by atoms with Gasteiger partial charge in [-0.1, -0.05) is 35.3 Å². The van der Waals surface area contributed by atoms with Gasteiger partial charge in [-0.25, -0.2) is 0 Å². The number of carbonyl (C=O) groups is 2. The molecule has 2 aromatic carbocycles. The fraction of sp³-hybridized carbons (Fsp3) is 0.0625. The molecule has 1 N–H and O–H groups in total. The van der Waals surface area contributed by atoms with Gasteiger partial charge in [0.2, 0.25) is 5.91 Å². The molecule has 22 heavy (non-hydrogen) atoms. The van der Waals surface area contributed by atoms with E-state index in [9.17, 15) is 9.59 Å². The van der Waals surface area contributed by atoms with Crippen LogP contribution in [0.3, 0.4) is 0 Å². The van der Waals surface area contributed by atoms with E-state index < -0.39 is 17.6 Å². The van der Waals surface area contributed by atoms with E-state index in [4.69, 9.17) is 28.5 Å². The van der Waals surface area contributed by atoms with E-state index in [1.54, 1.807) is 42.5 Å². The average Bonchev–Trinajstić information content (AvgIpc) is 2.50. The minimum Gasteiger partial charge on any atom is -0.325 e. The zero-order valence-corrected chi connectivity index (χ0v) is 12.7. The lowest BCUT2D eigenvalue weighted by molar-refractivity contribution is -0.117. The molecule has 0 aliphatic carbocycles. The third-order valence-corrected chi connectivity index (χ3v) is 3.49. The van der Waals surface area contributed by atoms with Crippen LogP contribution in [0.25, 0.3) is 0 Å². The Morgan fingerprint density at radius 3 is 2.27 bits per heavy atom. The Bertz CT molecular complexity index is 751. The van der Waals surface area contributed by atoms with Crippen molar-refractivity contribution >= 4 is 40.6 Å². The van der Waals surface area contributed by atoms with E-state index in [-0.39, 0.29) is 10.6 Å². The number of carbonyl (C=O) groups excluding carboxylic acids is 2. The number of amides is 1. The zero-order valence-electron chi connectivity index (χ0n) is 11.2. The summed E-state index contributed by atoms with van der Waals surface area (Å²) in [5, 5.41) is 12.4. The first-order valence-corrected chi connectivity index (χ1v) is 7.03. The van der Waals surface area contributed by atoms with Crippen LogP contribution in [0.15, 0.2) is 48.5 Å². The van der Waals surface area contributed by atoms with Crippen LogP contribution in [0.1, 0.15) is 10.4 Å². The number of nitrogens with one attached hydrogen (secondary N) is 1. The van der Waals surface area contributed by atoms with Crippen molar-refractivity contribution in [1.29, 1.82) is 5.26 Å². The molecule has 110 valence electrons. The van der Waals surface area contributed by atoms with Crippen LogP contribution in [0.2, 0.25) is 10.0 Å². The zero-order chi connectivity index (χ0) is 16.1. The monoisotopic (exact) mass is 332 g/mol. The largest absolute Gasteiger partial charge is 0.325 e. The molecule has 0 aliphatic rings. The van der Waals surface area contributed by atoms with Crippen LogP contribution in [0, 0.1) is 17.2 Å². The molecule has 0 aliphatic heterocycles. The molecule has 1 amide bonds. The van der Waals surface area contributed by atoms with Crippen molar-refractivity contribution in [3.63, 3.8) is 0 Å². The lowest BCUT2D eigenvalue weighted by atomic mass is 9.98. The third kappa shape index (κ3) is 3.64. The Morgan fingerprint density at radius 2 is 1.68 bits per heavy atom. The number of hydrogen-bond acceptors (Lipinski definition) is 3. The summed E-state index contributed by atoms with van der Waals surface area (Å²) in [6.07, 6.45) is 0. The van der Waals surface area contributed by atoms with Crippen LogP contribution >= 0.6 is 23.2 Å². The number of benzene rings is 2. The standard InChI is InChI=1S/C16H10Cl2N2O2/c17-10-5-7-11(8-6-10)20-16(22)13(9-19)15(21)12-3-1-2-4-14(12)18/h1-8,13H,(H,20,22). The molecule has 6 heteroatoms. The fourth-order valence-electron chi connectivity index (χ4n) is 1.80. The Balaban J connectivity index is 2.19. The molecule has 0 saturated carbocycles. The van der Waals surface area contributed by atoms with Crippen LogP contribution in [-0.4, -0.2) is 11.7 Å². The van der Waals surface area contributed by atoms with Crippen LogP contribution in [0.5, 0.6) is 0 Å². The van der Waals surface area contributed by atoms with Gasteiger partial charge >= 0.3 is 0 Å². The predicted octanol–water partition coefficient (Wildman–Crippen LogP) is 3.95. The highest BCUT2D eigenvalue weighted by atomic mass is 35.5. The summed E-state index contributed by atoms with van der Waals surface area (Å²) in [5.74, 6) is -2.83. The Labute approximate surface area is 137 Å². The first-order chi connectivity index (χ1) is 10.5. The Morgan fingerprint density at radius 1 is 1.05 bits per heavy atom. The summed E-state index contributed by atoms with van der Waals surface area (Å²) in [4.78, 5) is 24.4. The smallest absolute Gasteiger partial charge is 0.249 e. The highest BCUT2D eigenvalue weighted by molar-refractivity contribution is 6.35. The number of anilines is 1. The van der Waals surface area contributed by atoms with Gasteiger partial charge < -0.3 is 5.32 Å². The van der Waals surface area contributed by atoms with Crippen molar-refractivity contribution in [3.05, 3.63) is 64.1 Å². The van der Waals surface area contributed by atoms with E-state index in [1.165, 1.54) is 12.1 Å². The summed E-state index contributed by atoms with van der Waals surface area (Å²) < 4.78 is 0. The van der Waals surface area contributed by atoms with E-state index in [0.717, 1.165) is 0 Å². The normalized spacial score (nSPS) is 11.3. The van der Waals surface area contributed by atoms with Crippen LogP contribution < -0.4 is 5.32 Å². The van der Waals surface area contributed by atoms with Gasteiger partial charge in [0, 0.05) is 16.3 Å². The number of halogens is 2. The maximum Gasteiger partial charge on any atom is 0.249 e. The third-order valence-electron chi connectivity index (χ3n) is 2.90. The molecule has 0 heterocycles. The molecule has 0 saturated heterocycles. The van der Waals surface area contributed by atoms with E-state index in [2.05, 4.69) is 5.32 Å².